The molecular formula is C22H42N2O5. The number of unbranched alkanes of at least 4 members (excludes halogenated alkanes) is 13. The first-order chi connectivity index (χ1) is 13.8. The van der Waals surface area contributed by atoms with E-state index in [-0.39, 0.29) is 6.42 Å². The number of aliphatic carboxylic acids is 2. The highest BCUT2D eigenvalue weighted by Crippen LogP contribution is 2.12. The summed E-state index contributed by atoms with van der Waals surface area (Å²) in [5, 5.41) is 16.5. The van der Waals surface area contributed by atoms with E-state index in [1.807, 2.05) is 0 Å². The molecule has 0 spiro atoms. The molecule has 0 aliphatic heterocycles. The van der Waals surface area contributed by atoms with Crippen molar-refractivity contribution >= 4 is 17.8 Å². The third-order valence-corrected chi connectivity index (χ3v) is 4.47. The van der Waals surface area contributed by atoms with Crippen molar-refractivity contribution in [1.29, 1.82) is 0 Å². The van der Waals surface area contributed by atoms with Crippen LogP contribution in [-0.2, 0) is 14.4 Å². The summed E-state index contributed by atoms with van der Waals surface area (Å²) in [4.78, 5) is 30.1. The number of allylic oxidation sites excluding steroid dienone is 1. The number of hydrogen-bond acceptors (Lipinski definition) is 4. The molecule has 170 valence electrons. The molecule has 0 rings (SSSR count). The van der Waals surface area contributed by atoms with Gasteiger partial charge in [0.1, 0.15) is 6.04 Å². The highest BCUT2D eigenvalue weighted by molar-refractivity contribution is 5.83. The number of nitrogens with two attached hydrogens (primary N) is 2. The predicted molar refractivity (Wildman–Crippen MR) is 117 cm³/mol. The Labute approximate surface area is 175 Å². The molecule has 1 unspecified atom stereocenters. The number of amides is 1. The number of carboxylic acids is 2. The number of carbonyl (C=O) groups is 3. The highest BCUT2D eigenvalue weighted by Gasteiger charge is 2.13. The first-order valence-electron chi connectivity index (χ1n) is 11.0. The second-order valence-electron chi connectivity index (χ2n) is 7.39. The molecular weight excluding hydrogens is 372 g/mol. The van der Waals surface area contributed by atoms with Crippen LogP contribution in [0.25, 0.3) is 0 Å². The molecule has 0 saturated heterocycles. The summed E-state index contributed by atoms with van der Waals surface area (Å²) in [6.45, 7) is 2.27. The molecule has 0 bridgehead atoms. The van der Waals surface area contributed by atoms with E-state index < -0.39 is 23.9 Å². The van der Waals surface area contributed by atoms with Gasteiger partial charge in [-0.3, -0.25) is 9.59 Å². The molecule has 0 aromatic carbocycles. The molecule has 6 N–H and O–H groups in total. The number of hydrogen-bond donors (Lipinski definition) is 4. The quantitative estimate of drug-likeness (QED) is 0.193. The first-order valence-corrected chi connectivity index (χ1v) is 11.0. The Morgan fingerprint density at radius 3 is 1.52 bits per heavy atom. The molecule has 0 fully saturated rings. The van der Waals surface area contributed by atoms with Gasteiger partial charge in [-0.25, -0.2) is 4.79 Å². The average Bonchev–Trinajstić information content (AvgIpc) is 2.64. The van der Waals surface area contributed by atoms with Crippen molar-refractivity contribution in [3.05, 3.63) is 12.2 Å². The van der Waals surface area contributed by atoms with E-state index in [4.69, 9.17) is 15.9 Å². The molecule has 0 aliphatic carbocycles. The zero-order valence-corrected chi connectivity index (χ0v) is 18.1. The van der Waals surface area contributed by atoms with Crippen molar-refractivity contribution in [2.75, 3.05) is 0 Å². The summed E-state index contributed by atoms with van der Waals surface area (Å²) in [7, 11) is 0. The monoisotopic (exact) mass is 414 g/mol. The Morgan fingerprint density at radius 1 is 0.793 bits per heavy atom. The summed E-state index contributed by atoms with van der Waals surface area (Å²) in [5.41, 5.74) is 9.57. The smallest absolute Gasteiger partial charge is 0.327 e. The van der Waals surface area contributed by atoms with Gasteiger partial charge in [0.25, 0.3) is 0 Å². The van der Waals surface area contributed by atoms with Crippen molar-refractivity contribution in [3.8, 4) is 0 Å². The minimum absolute atomic E-state index is 0.310. The van der Waals surface area contributed by atoms with Gasteiger partial charge in [0.2, 0.25) is 5.91 Å². The van der Waals surface area contributed by atoms with Crippen LogP contribution < -0.4 is 11.5 Å². The molecule has 0 radical (unpaired) electrons. The van der Waals surface area contributed by atoms with E-state index in [1.165, 1.54) is 83.1 Å². The van der Waals surface area contributed by atoms with Crippen LogP contribution in [0.15, 0.2) is 12.2 Å². The van der Waals surface area contributed by atoms with Gasteiger partial charge < -0.3 is 21.7 Å². The highest BCUT2D eigenvalue weighted by atomic mass is 16.4. The number of carboxylic acid groups (broad SMARTS) is 2. The molecule has 1 amide bonds. The van der Waals surface area contributed by atoms with E-state index in [2.05, 4.69) is 12.7 Å². The second-order valence-corrected chi connectivity index (χ2v) is 7.39. The fourth-order valence-electron chi connectivity index (χ4n) is 2.77. The Hall–Kier alpha value is -1.89. The van der Waals surface area contributed by atoms with Crippen LogP contribution in [0.2, 0.25) is 0 Å². The molecule has 29 heavy (non-hydrogen) atoms. The average molecular weight is 415 g/mol. The van der Waals surface area contributed by atoms with Crippen LogP contribution >= 0.6 is 0 Å². The normalized spacial score (nSPS) is 11.7. The minimum Gasteiger partial charge on any atom is -0.480 e. The van der Waals surface area contributed by atoms with Crippen molar-refractivity contribution in [2.24, 2.45) is 11.5 Å². The van der Waals surface area contributed by atoms with Crippen LogP contribution in [0.3, 0.4) is 0 Å². The number of carbonyl (C=O) groups excluding carboxylic acids is 1. The van der Waals surface area contributed by atoms with Gasteiger partial charge in [0.15, 0.2) is 0 Å². The van der Waals surface area contributed by atoms with Crippen LogP contribution in [0, 0.1) is 0 Å². The molecule has 0 aromatic heterocycles. The fourth-order valence-corrected chi connectivity index (χ4v) is 2.77. The maximum absolute atomic E-state index is 10.2. The van der Waals surface area contributed by atoms with Gasteiger partial charge in [0.05, 0.1) is 6.42 Å². The lowest BCUT2D eigenvalue weighted by Gasteiger charge is -2.02. The molecule has 1 atom stereocenters. The largest absolute Gasteiger partial charge is 0.480 e. The summed E-state index contributed by atoms with van der Waals surface area (Å²) < 4.78 is 0. The Bertz CT molecular complexity index is 452. The minimum atomic E-state index is -1.21. The number of primary amides is 1. The molecule has 0 aromatic rings. The fraction of sp³-hybridized carbons (Fsp3) is 0.773. The number of rotatable bonds is 18. The summed E-state index contributed by atoms with van der Waals surface area (Å²) >= 11 is 0. The first kappa shape index (κ1) is 29.3. The Kier molecular flexibility index (Phi) is 22.6. The molecule has 7 nitrogen and oxygen atoms in total. The topological polar surface area (TPSA) is 144 Å². The lowest BCUT2D eigenvalue weighted by Crippen LogP contribution is -2.34. The van der Waals surface area contributed by atoms with Gasteiger partial charge in [-0.15, -0.1) is 0 Å². The van der Waals surface area contributed by atoms with Crippen molar-refractivity contribution in [2.45, 2.75) is 109 Å². The maximum atomic E-state index is 10.2. The van der Waals surface area contributed by atoms with Gasteiger partial charge in [-0.2, -0.15) is 0 Å². The molecule has 0 aliphatic rings. The van der Waals surface area contributed by atoms with E-state index in [1.54, 1.807) is 6.08 Å². The van der Waals surface area contributed by atoms with E-state index >= 15 is 0 Å². The van der Waals surface area contributed by atoms with Crippen molar-refractivity contribution in [1.82, 2.24) is 0 Å². The zero-order chi connectivity index (χ0) is 22.3. The van der Waals surface area contributed by atoms with Gasteiger partial charge >= 0.3 is 11.9 Å². The second kappa shape index (κ2) is 22.4. The maximum Gasteiger partial charge on any atom is 0.327 e. The van der Waals surface area contributed by atoms with Gasteiger partial charge in [-0.1, -0.05) is 90.0 Å². The summed E-state index contributed by atoms with van der Waals surface area (Å²) in [6.07, 6.45) is 21.2. The molecule has 0 saturated carbocycles. The third kappa shape index (κ3) is 28.4. The lowest BCUT2D eigenvalue weighted by atomic mass is 10.0. The van der Waals surface area contributed by atoms with E-state index in [9.17, 15) is 14.4 Å². The van der Waals surface area contributed by atoms with Crippen molar-refractivity contribution in [3.63, 3.8) is 0 Å². The summed E-state index contributed by atoms with van der Waals surface area (Å²) in [5.74, 6) is -2.75. The van der Waals surface area contributed by atoms with Crippen molar-refractivity contribution < 1.29 is 24.6 Å². The lowest BCUT2D eigenvalue weighted by molar-refractivity contribution is -0.140. The van der Waals surface area contributed by atoms with Crippen LogP contribution in [0.5, 0.6) is 0 Å². The van der Waals surface area contributed by atoms with Crippen LogP contribution in [0.1, 0.15) is 103 Å². The molecule has 0 heterocycles. The third-order valence-electron chi connectivity index (χ3n) is 4.47. The van der Waals surface area contributed by atoms with Gasteiger partial charge in [-0.05, 0) is 12.8 Å². The standard InChI is InChI=1S/C18H34O2.C4H8N2O3/c1-2-3-4-5-6-7-8-9-10-11-12-13-14-15-16-17-18(19)20;5-2(4(8)9)1-3(6)7/h16-17H,2-15H2,1H3,(H,19,20);2H,1,5H2,(H2,6,7)(H,8,9). The van der Waals surface area contributed by atoms with Crippen LogP contribution in [-0.4, -0.2) is 34.1 Å². The molecule has 7 heteroatoms. The Morgan fingerprint density at radius 2 is 1.21 bits per heavy atom. The van der Waals surface area contributed by atoms with Gasteiger partial charge in [0, 0.05) is 6.08 Å². The van der Waals surface area contributed by atoms with E-state index in [0.717, 1.165) is 12.8 Å². The zero-order valence-electron chi connectivity index (χ0n) is 18.1. The Balaban J connectivity index is 0. The van der Waals surface area contributed by atoms with Crippen LogP contribution in [0.4, 0.5) is 0 Å². The SMILES string of the molecule is CCCCCCCCCCCCCCCC=CC(=O)O.NC(=O)CC(N)C(=O)O. The summed E-state index contributed by atoms with van der Waals surface area (Å²) in [6, 6.07) is -1.16. The van der Waals surface area contributed by atoms with E-state index in [0.29, 0.717) is 0 Å². The predicted octanol–water partition coefficient (Wildman–Crippen LogP) is 4.38.